The molecular weight excluding hydrogens is 729 g/mol. The zero-order valence-electron chi connectivity index (χ0n) is 22.6. The van der Waals surface area contributed by atoms with Gasteiger partial charge in [0.2, 0.25) is 0 Å². The molecule has 2 aromatic heterocycles. The number of nitrogens with zero attached hydrogens (tertiary/aromatic N) is 7. The molecule has 214 valence electrons. The van der Waals surface area contributed by atoms with Gasteiger partial charge in [0.15, 0.2) is 0 Å². The first-order chi connectivity index (χ1) is 20.5. The predicted octanol–water partition coefficient (Wildman–Crippen LogP) is 5.53. The van der Waals surface area contributed by atoms with Crippen LogP contribution in [0.5, 0.6) is 5.75 Å². The Morgan fingerprint density at radius 3 is 1.37 bits per heavy atom. The number of fused-ring (bicyclic) bond motifs is 2. The zero-order chi connectivity index (χ0) is 29.3. The van der Waals surface area contributed by atoms with Crippen molar-refractivity contribution in [2.24, 2.45) is 4.99 Å². The Bertz CT molecular complexity index is 1760. The molecule has 0 radical (unpaired) electrons. The van der Waals surface area contributed by atoms with Crippen molar-refractivity contribution in [1.29, 1.82) is 0 Å². The summed E-state index contributed by atoms with van der Waals surface area (Å²) >= 11 is 0. The first-order valence-electron chi connectivity index (χ1n) is 12.7. The Morgan fingerprint density at radius 1 is 0.628 bits per heavy atom. The van der Waals surface area contributed by atoms with Gasteiger partial charge in [-0.3, -0.25) is 13.8 Å². The van der Waals surface area contributed by atoms with Gasteiger partial charge >= 0.3 is 20.1 Å². The number of benzene rings is 5. The van der Waals surface area contributed by atoms with Crippen LogP contribution in [-0.4, -0.2) is 43.3 Å². The van der Waals surface area contributed by atoms with E-state index >= 15 is 0 Å². The SMILES string of the molecule is CN=Cc1ccccc1[O-].Fc1c[c-]c(-n2nc3ccccc3n2)cc1.Fc1c[c-]c(-n2nc3ccccc3n2)cc1.[Ir+3]. The van der Waals surface area contributed by atoms with Crippen LogP contribution in [0.25, 0.3) is 33.4 Å². The van der Waals surface area contributed by atoms with Gasteiger partial charge in [0.25, 0.3) is 0 Å². The van der Waals surface area contributed by atoms with Crippen molar-refractivity contribution in [3.8, 4) is 17.1 Å². The van der Waals surface area contributed by atoms with Crippen LogP contribution in [0.1, 0.15) is 5.56 Å². The Hall–Kier alpha value is -5.12. The first-order valence-corrected chi connectivity index (χ1v) is 12.7. The van der Waals surface area contributed by atoms with Gasteiger partial charge in [0, 0.05) is 24.9 Å². The minimum atomic E-state index is -0.319. The maximum atomic E-state index is 12.7. The maximum Gasteiger partial charge on any atom is 3.00 e. The quantitative estimate of drug-likeness (QED) is 0.175. The fraction of sp³-hybridized carbons (Fsp3) is 0.0312. The molecule has 0 spiro atoms. The number of halogens is 2. The number of para-hydroxylation sites is 1. The summed E-state index contributed by atoms with van der Waals surface area (Å²) in [6, 6.07) is 35.9. The molecule has 0 N–H and O–H groups in total. The third kappa shape index (κ3) is 8.00. The van der Waals surface area contributed by atoms with E-state index in [9.17, 15) is 13.9 Å². The minimum absolute atomic E-state index is 0. The molecule has 0 aliphatic carbocycles. The summed E-state index contributed by atoms with van der Waals surface area (Å²) in [4.78, 5) is 6.64. The number of aromatic nitrogens is 6. The fourth-order valence-corrected chi connectivity index (χ4v) is 3.71. The molecular formula is C32H22F2IrN7O. The van der Waals surface area contributed by atoms with Crippen LogP contribution in [0.4, 0.5) is 8.78 Å². The molecule has 5 aromatic carbocycles. The molecule has 0 bridgehead atoms. The van der Waals surface area contributed by atoms with Crippen molar-refractivity contribution in [3.05, 3.63) is 139 Å². The molecule has 0 fully saturated rings. The van der Waals surface area contributed by atoms with Gasteiger partial charge < -0.3 is 5.11 Å². The Labute approximate surface area is 259 Å². The van der Waals surface area contributed by atoms with Crippen LogP contribution in [0.2, 0.25) is 0 Å². The van der Waals surface area contributed by atoms with Crippen molar-refractivity contribution >= 4 is 28.3 Å². The molecule has 0 aliphatic heterocycles. The van der Waals surface area contributed by atoms with Crippen LogP contribution < -0.4 is 5.11 Å². The van der Waals surface area contributed by atoms with E-state index in [4.69, 9.17) is 0 Å². The number of aliphatic imine (C=N–C) groups is 1. The van der Waals surface area contributed by atoms with Gasteiger partial charge in [-0.2, -0.15) is 42.1 Å². The van der Waals surface area contributed by atoms with Gasteiger partial charge in [-0.1, -0.05) is 48.5 Å². The second kappa shape index (κ2) is 14.7. The minimum Gasteiger partial charge on any atom is -0.872 e. The third-order valence-corrected chi connectivity index (χ3v) is 5.71. The molecule has 0 atom stereocenters. The van der Waals surface area contributed by atoms with Crippen molar-refractivity contribution in [1.82, 2.24) is 30.0 Å². The van der Waals surface area contributed by atoms with Crippen LogP contribution in [0, 0.1) is 23.8 Å². The van der Waals surface area contributed by atoms with E-state index in [1.54, 1.807) is 37.5 Å². The van der Waals surface area contributed by atoms with Crippen molar-refractivity contribution in [2.45, 2.75) is 0 Å². The maximum absolute atomic E-state index is 12.7. The standard InChI is InChI=1S/2C12H7FN3.C8H9NO.Ir/c2*13-9-5-7-10(8-6-9)16-14-11-3-1-2-4-12(11)15-16;1-9-6-7-4-2-3-5-8(7)10;/h2*1-7H;2-6,10H,1H3;/q2*-1;;+3/p-1. The summed E-state index contributed by atoms with van der Waals surface area (Å²) in [5, 5.41) is 28.0. The van der Waals surface area contributed by atoms with E-state index in [-0.39, 0.29) is 37.5 Å². The summed E-state index contributed by atoms with van der Waals surface area (Å²) in [5.74, 6) is -0.617. The summed E-state index contributed by atoms with van der Waals surface area (Å²) in [6.07, 6.45) is 1.56. The van der Waals surface area contributed by atoms with Crippen molar-refractivity contribution in [2.75, 3.05) is 7.05 Å². The molecule has 0 saturated carbocycles. The summed E-state index contributed by atoms with van der Waals surface area (Å²) < 4.78 is 25.5. The van der Waals surface area contributed by atoms with Crippen LogP contribution in [0.15, 0.2) is 114 Å². The van der Waals surface area contributed by atoms with Crippen molar-refractivity contribution in [3.63, 3.8) is 0 Å². The second-order valence-electron chi connectivity index (χ2n) is 8.67. The van der Waals surface area contributed by atoms with E-state index in [1.165, 1.54) is 39.9 Å². The van der Waals surface area contributed by atoms with Gasteiger partial charge in [0.05, 0.1) is 0 Å². The molecule has 43 heavy (non-hydrogen) atoms. The topological polar surface area (TPSA) is 96.8 Å². The molecule has 7 rings (SSSR count). The predicted molar refractivity (Wildman–Crippen MR) is 155 cm³/mol. The Morgan fingerprint density at radius 2 is 1.02 bits per heavy atom. The van der Waals surface area contributed by atoms with E-state index < -0.39 is 0 Å². The van der Waals surface area contributed by atoms with E-state index in [0.29, 0.717) is 16.9 Å². The molecule has 7 aromatic rings. The van der Waals surface area contributed by atoms with E-state index in [1.807, 2.05) is 54.6 Å². The summed E-state index contributed by atoms with van der Waals surface area (Å²) in [7, 11) is 1.65. The monoisotopic (exact) mass is 751 g/mol. The van der Waals surface area contributed by atoms with Gasteiger partial charge in [-0.15, -0.1) is 42.1 Å². The van der Waals surface area contributed by atoms with Gasteiger partial charge in [-0.05, 0) is 41.2 Å². The second-order valence-corrected chi connectivity index (χ2v) is 8.67. The molecule has 11 heteroatoms. The zero-order valence-corrected chi connectivity index (χ0v) is 25.0. The number of hydrogen-bond acceptors (Lipinski definition) is 6. The molecule has 8 nitrogen and oxygen atoms in total. The summed E-state index contributed by atoms with van der Waals surface area (Å²) in [6.45, 7) is 0. The number of hydrogen-bond donors (Lipinski definition) is 0. The largest absolute Gasteiger partial charge is 3.00 e. The van der Waals surface area contributed by atoms with Crippen molar-refractivity contribution < 1.29 is 34.0 Å². The van der Waals surface area contributed by atoms with Crippen LogP contribution in [0.3, 0.4) is 0 Å². The van der Waals surface area contributed by atoms with E-state index in [2.05, 4.69) is 37.5 Å². The van der Waals surface area contributed by atoms with Crippen LogP contribution >= 0.6 is 0 Å². The smallest absolute Gasteiger partial charge is 0.872 e. The third-order valence-electron chi connectivity index (χ3n) is 5.71. The van der Waals surface area contributed by atoms with Crippen LogP contribution in [-0.2, 0) is 20.1 Å². The first kappa shape index (κ1) is 30.8. The molecule has 0 aliphatic rings. The molecule has 0 amide bonds. The van der Waals surface area contributed by atoms with E-state index in [0.717, 1.165) is 22.1 Å². The Balaban J connectivity index is 0.000000151. The Kier molecular flexibility index (Phi) is 10.5. The molecule has 2 heterocycles. The molecule has 0 saturated heterocycles. The average Bonchev–Trinajstić information content (AvgIpc) is 3.65. The average molecular weight is 751 g/mol. The normalized spacial score (nSPS) is 10.5. The number of rotatable bonds is 3. The fourth-order valence-electron chi connectivity index (χ4n) is 3.71. The molecule has 0 unspecified atom stereocenters. The summed E-state index contributed by atoms with van der Waals surface area (Å²) in [5.41, 5.74) is 5.11. The van der Waals surface area contributed by atoms with Gasteiger partial charge in [-0.25, -0.2) is 0 Å². The van der Waals surface area contributed by atoms with Gasteiger partial charge in [0.1, 0.15) is 22.1 Å².